The van der Waals surface area contributed by atoms with Crippen molar-refractivity contribution in [1.82, 2.24) is 15.1 Å². The fourth-order valence-electron chi connectivity index (χ4n) is 2.69. The minimum atomic E-state index is -0.546. The summed E-state index contributed by atoms with van der Waals surface area (Å²) in [7, 11) is 0. The molecule has 2 N–H and O–H groups in total. The predicted octanol–water partition coefficient (Wildman–Crippen LogP) is 1.50. The van der Waals surface area contributed by atoms with Gasteiger partial charge in [0.2, 0.25) is 0 Å². The number of aryl methyl sites for hydroxylation is 1. The van der Waals surface area contributed by atoms with Gasteiger partial charge >= 0.3 is 0 Å². The van der Waals surface area contributed by atoms with Crippen LogP contribution in [0.15, 0.2) is 6.20 Å². The van der Waals surface area contributed by atoms with Crippen LogP contribution in [0.3, 0.4) is 0 Å². The van der Waals surface area contributed by atoms with Crippen LogP contribution < -0.4 is 5.32 Å². The van der Waals surface area contributed by atoms with Gasteiger partial charge in [-0.1, -0.05) is 13.3 Å². The fourth-order valence-corrected chi connectivity index (χ4v) is 2.69. The van der Waals surface area contributed by atoms with Crippen molar-refractivity contribution in [3.8, 4) is 0 Å². The van der Waals surface area contributed by atoms with Crippen molar-refractivity contribution in [2.24, 2.45) is 0 Å². The van der Waals surface area contributed by atoms with Crippen LogP contribution in [-0.4, -0.2) is 32.9 Å². The van der Waals surface area contributed by atoms with E-state index in [0.29, 0.717) is 5.56 Å². The lowest BCUT2D eigenvalue weighted by atomic mass is 9.96. The molecule has 0 spiro atoms. The molecule has 1 aliphatic rings. The van der Waals surface area contributed by atoms with E-state index in [1.54, 1.807) is 6.20 Å². The van der Waals surface area contributed by atoms with E-state index in [1.807, 2.05) is 18.5 Å². The second-order valence-electron chi connectivity index (χ2n) is 5.61. The van der Waals surface area contributed by atoms with E-state index < -0.39 is 5.54 Å². The number of aliphatic hydroxyl groups excluding tert-OH is 1. The summed E-state index contributed by atoms with van der Waals surface area (Å²) in [6.07, 6.45) is 6.48. The lowest BCUT2D eigenvalue weighted by Crippen LogP contribution is -2.49. The molecule has 0 saturated heterocycles. The van der Waals surface area contributed by atoms with Gasteiger partial charge < -0.3 is 10.4 Å². The highest BCUT2D eigenvalue weighted by atomic mass is 16.3. The Hall–Kier alpha value is -1.36. The lowest BCUT2D eigenvalue weighted by molar-refractivity contribution is 0.0839. The van der Waals surface area contributed by atoms with E-state index in [2.05, 4.69) is 10.4 Å². The van der Waals surface area contributed by atoms with Crippen molar-refractivity contribution < 1.29 is 9.90 Å². The molecule has 0 aliphatic carbocycles. The summed E-state index contributed by atoms with van der Waals surface area (Å²) in [5.74, 6) is -0.117. The van der Waals surface area contributed by atoms with Crippen molar-refractivity contribution in [3.63, 3.8) is 0 Å². The van der Waals surface area contributed by atoms with Crippen LogP contribution in [0.1, 0.15) is 55.6 Å². The first kappa shape index (κ1) is 14.1. The van der Waals surface area contributed by atoms with Gasteiger partial charge in [0.1, 0.15) is 0 Å². The van der Waals surface area contributed by atoms with Gasteiger partial charge in [-0.25, -0.2) is 0 Å². The monoisotopic (exact) mass is 265 g/mol. The smallest absolute Gasteiger partial charge is 0.255 e. The highest BCUT2D eigenvalue weighted by Crippen LogP contribution is 2.19. The number of fused-ring (bicyclic) bond motifs is 1. The number of carbonyl (C=O) groups excluding carboxylic acids is 1. The van der Waals surface area contributed by atoms with Gasteiger partial charge in [-0.05, 0) is 32.6 Å². The zero-order valence-corrected chi connectivity index (χ0v) is 11.8. The molecule has 1 aromatic rings. The molecule has 1 amide bonds. The summed E-state index contributed by atoms with van der Waals surface area (Å²) in [4.78, 5) is 12.4. The molecule has 2 rings (SSSR count). The van der Waals surface area contributed by atoms with Crippen molar-refractivity contribution in [1.29, 1.82) is 0 Å². The highest BCUT2D eigenvalue weighted by Gasteiger charge is 2.27. The molecule has 106 valence electrons. The molecular weight excluding hydrogens is 242 g/mol. The summed E-state index contributed by atoms with van der Waals surface area (Å²) in [5, 5.41) is 16.7. The summed E-state index contributed by atoms with van der Waals surface area (Å²) in [6, 6.07) is 0. The highest BCUT2D eigenvalue weighted by molar-refractivity contribution is 5.95. The molecule has 0 aromatic carbocycles. The summed E-state index contributed by atoms with van der Waals surface area (Å²) >= 11 is 0. The maximum atomic E-state index is 12.4. The maximum Gasteiger partial charge on any atom is 0.255 e. The summed E-state index contributed by atoms with van der Waals surface area (Å²) in [6.45, 7) is 4.77. The van der Waals surface area contributed by atoms with Crippen LogP contribution in [0.25, 0.3) is 0 Å². The minimum absolute atomic E-state index is 0.0456. The number of nitrogens with one attached hydrogen (secondary N) is 1. The maximum absolute atomic E-state index is 12.4. The van der Waals surface area contributed by atoms with E-state index in [0.717, 1.165) is 44.3 Å². The number of aliphatic hydroxyl groups is 1. The van der Waals surface area contributed by atoms with E-state index in [1.165, 1.54) is 0 Å². The van der Waals surface area contributed by atoms with E-state index in [9.17, 15) is 9.90 Å². The summed E-state index contributed by atoms with van der Waals surface area (Å²) < 4.78 is 1.93. The van der Waals surface area contributed by atoms with E-state index in [4.69, 9.17) is 0 Å². The quantitative estimate of drug-likeness (QED) is 0.848. The fraction of sp³-hybridized carbons (Fsp3) is 0.714. The Kier molecular flexibility index (Phi) is 4.24. The first-order valence-corrected chi connectivity index (χ1v) is 7.07. The van der Waals surface area contributed by atoms with Crippen molar-refractivity contribution in [3.05, 3.63) is 17.5 Å². The van der Waals surface area contributed by atoms with Crippen LogP contribution in [0.4, 0.5) is 0 Å². The molecular formula is C14H23N3O2. The van der Waals surface area contributed by atoms with Crippen LogP contribution in [0.5, 0.6) is 0 Å². The van der Waals surface area contributed by atoms with Gasteiger partial charge in [0.15, 0.2) is 0 Å². The average molecular weight is 265 g/mol. The molecule has 0 bridgehead atoms. The average Bonchev–Trinajstić information content (AvgIpc) is 2.83. The van der Waals surface area contributed by atoms with Gasteiger partial charge in [-0.15, -0.1) is 0 Å². The lowest BCUT2D eigenvalue weighted by Gasteiger charge is -2.28. The molecule has 0 unspecified atom stereocenters. The van der Waals surface area contributed by atoms with Crippen LogP contribution in [0, 0.1) is 0 Å². The number of hydrogen-bond donors (Lipinski definition) is 2. The molecule has 5 nitrogen and oxygen atoms in total. The third-order valence-corrected chi connectivity index (χ3v) is 3.79. The first-order valence-electron chi connectivity index (χ1n) is 7.07. The zero-order valence-electron chi connectivity index (χ0n) is 11.8. The number of hydrogen-bond acceptors (Lipinski definition) is 3. The van der Waals surface area contributed by atoms with Gasteiger partial charge in [-0.3, -0.25) is 9.48 Å². The Morgan fingerprint density at radius 2 is 2.37 bits per heavy atom. The predicted molar refractivity (Wildman–Crippen MR) is 73.0 cm³/mol. The van der Waals surface area contributed by atoms with Crippen LogP contribution >= 0.6 is 0 Å². The number of rotatable bonds is 5. The standard InChI is InChI=1S/C14H23N3O2/c1-3-7-14(2,10-18)16-13(19)11-9-15-17-8-5-4-6-12(11)17/h9,18H,3-8,10H2,1-2H3,(H,16,19)/t14-/m0/s1. The molecule has 2 heterocycles. The normalized spacial score (nSPS) is 17.6. The van der Waals surface area contributed by atoms with Gasteiger partial charge in [-0.2, -0.15) is 5.10 Å². The van der Waals surface area contributed by atoms with E-state index in [-0.39, 0.29) is 12.5 Å². The number of amides is 1. The van der Waals surface area contributed by atoms with Crippen molar-refractivity contribution >= 4 is 5.91 Å². The van der Waals surface area contributed by atoms with Gasteiger partial charge in [0.25, 0.3) is 5.91 Å². The Morgan fingerprint density at radius 3 is 3.05 bits per heavy atom. The Bertz CT molecular complexity index is 456. The van der Waals surface area contributed by atoms with E-state index >= 15 is 0 Å². The molecule has 1 aliphatic heterocycles. The largest absolute Gasteiger partial charge is 0.394 e. The van der Waals surface area contributed by atoms with Crippen molar-refractivity contribution in [2.45, 2.75) is 58.0 Å². The zero-order chi connectivity index (χ0) is 13.9. The Labute approximate surface area is 114 Å². The Morgan fingerprint density at radius 1 is 1.58 bits per heavy atom. The molecule has 0 saturated carbocycles. The molecule has 0 radical (unpaired) electrons. The third-order valence-electron chi connectivity index (χ3n) is 3.79. The SMILES string of the molecule is CCC[C@@](C)(CO)NC(=O)c1cnn2c1CCCC2. The first-order chi connectivity index (χ1) is 9.09. The molecule has 5 heteroatoms. The Balaban J connectivity index is 2.13. The van der Waals surface area contributed by atoms with Gasteiger partial charge in [0, 0.05) is 6.54 Å². The molecule has 19 heavy (non-hydrogen) atoms. The minimum Gasteiger partial charge on any atom is -0.394 e. The molecule has 0 fully saturated rings. The number of carbonyl (C=O) groups is 1. The number of nitrogens with zero attached hydrogens (tertiary/aromatic N) is 2. The topological polar surface area (TPSA) is 67.2 Å². The molecule has 1 atom stereocenters. The summed E-state index contributed by atoms with van der Waals surface area (Å²) in [5.41, 5.74) is 1.14. The molecule has 1 aromatic heterocycles. The second kappa shape index (κ2) is 5.74. The second-order valence-corrected chi connectivity index (χ2v) is 5.61. The number of aromatic nitrogens is 2. The van der Waals surface area contributed by atoms with Gasteiger partial charge in [0.05, 0.1) is 29.6 Å². The third kappa shape index (κ3) is 2.97. The van der Waals surface area contributed by atoms with Crippen LogP contribution in [-0.2, 0) is 13.0 Å². The van der Waals surface area contributed by atoms with Crippen molar-refractivity contribution in [2.75, 3.05) is 6.61 Å². The van der Waals surface area contributed by atoms with Crippen LogP contribution in [0.2, 0.25) is 0 Å².